The molecule has 1 N–H and O–H groups in total. The third kappa shape index (κ3) is 6.42. The monoisotopic (exact) mass is 694 g/mol. The average Bonchev–Trinajstić information content (AvgIpc) is 3.57. The maximum absolute atomic E-state index is 13.8. The van der Waals surface area contributed by atoms with E-state index in [1.54, 1.807) is 41.5 Å². The average molecular weight is 695 g/mol. The van der Waals surface area contributed by atoms with Gasteiger partial charge in [0.15, 0.2) is 17.8 Å². The van der Waals surface area contributed by atoms with Gasteiger partial charge in [-0.15, -0.1) is 0 Å². The molecule has 1 aromatic heterocycles. The number of fused-ring (bicyclic) bond motifs is 1. The highest BCUT2D eigenvalue weighted by atomic mass is 16.7. The van der Waals surface area contributed by atoms with E-state index in [1.165, 1.54) is 19.3 Å². The summed E-state index contributed by atoms with van der Waals surface area (Å²) in [5, 5.41) is 12.7. The van der Waals surface area contributed by atoms with Gasteiger partial charge in [0, 0.05) is 27.2 Å². The molecule has 3 fully saturated rings. The van der Waals surface area contributed by atoms with Crippen LogP contribution >= 0.6 is 0 Å². The molecule has 1 saturated heterocycles. The van der Waals surface area contributed by atoms with Crippen LogP contribution in [0.4, 0.5) is 0 Å². The van der Waals surface area contributed by atoms with E-state index in [1.807, 2.05) is 0 Å². The fraction of sp³-hybridized carbons (Fsp3) is 0.706. The van der Waals surface area contributed by atoms with E-state index in [-0.39, 0.29) is 5.56 Å². The minimum Gasteiger partial charge on any atom is -0.472 e. The van der Waals surface area contributed by atoms with Crippen LogP contribution in [0.1, 0.15) is 86.0 Å². The first-order valence-electron chi connectivity index (χ1n) is 16.2. The van der Waals surface area contributed by atoms with Crippen LogP contribution in [0.25, 0.3) is 0 Å². The summed E-state index contributed by atoms with van der Waals surface area (Å²) in [7, 11) is 0. The van der Waals surface area contributed by atoms with Crippen molar-refractivity contribution < 1.29 is 71.4 Å². The molecule has 9 atom stereocenters. The lowest BCUT2D eigenvalue weighted by Crippen LogP contribution is -2.85. The van der Waals surface area contributed by atoms with Gasteiger partial charge in [0.05, 0.1) is 40.8 Å². The van der Waals surface area contributed by atoms with Crippen LogP contribution in [0.5, 0.6) is 0 Å². The van der Waals surface area contributed by atoms with Crippen LogP contribution in [0, 0.1) is 23.2 Å². The van der Waals surface area contributed by atoms with Crippen LogP contribution in [-0.2, 0) is 57.1 Å². The van der Waals surface area contributed by atoms with Crippen LogP contribution in [0.3, 0.4) is 0 Å². The van der Waals surface area contributed by atoms with Gasteiger partial charge in [0.2, 0.25) is 0 Å². The molecule has 1 aromatic rings. The molecule has 2 aliphatic carbocycles. The Kier molecular flexibility index (Phi) is 10.3. The lowest BCUT2D eigenvalue weighted by atomic mass is 9.45. The van der Waals surface area contributed by atoms with Gasteiger partial charge in [-0.1, -0.05) is 27.7 Å². The lowest BCUT2D eigenvalue weighted by Gasteiger charge is -2.66. The molecular formula is C34H46O15. The first-order valence-corrected chi connectivity index (χ1v) is 16.2. The van der Waals surface area contributed by atoms with Crippen molar-refractivity contribution in [1.82, 2.24) is 0 Å². The summed E-state index contributed by atoms with van der Waals surface area (Å²) in [5.74, 6) is -7.53. The molecule has 272 valence electrons. The zero-order chi connectivity index (χ0) is 36.9. The quantitative estimate of drug-likeness (QED) is 0.277. The zero-order valence-corrected chi connectivity index (χ0v) is 29.4. The maximum Gasteiger partial charge on any atom is 0.341 e. The van der Waals surface area contributed by atoms with E-state index in [0.29, 0.717) is 0 Å². The van der Waals surface area contributed by atoms with Gasteiger partial charge in [-0.2, -0.15) is 0 Å². The van der Waals surface area contributed by atoms with E-state index >= 15 is 0 Å². The minimum absolute atomic E-state index is 0.0611. The molecule has 2 bridgehead atoms. The number of carbonyl (C=O) groups excluding carboxylic acids is 6. The van der Waals surface area contributed by atoms with Gasteiger partial charge in [0.25, 0.3) is 0 Å². The van der Waals surface area contributed by atoms with E-state index in [0.717, 1.165) is 27.0 Å². The molecule has 1 aliphatic heterocycles. The molecule has 3 aliphatic rings. The zero-order valence-electron chi connectivity index (χ0n) is 29.4. The molecule has 0 radical (unpaired) electrons. The fourth-order valence-electron chi connectivity index (χ4n) is 7.83. The number of furan rings is 1. The number of carbonyl (C=O) groups is 6. The highest BCUT2D eigenvalue weighted by Gasteiger charge is 2.89. The molecule has 2 heterocycles. The Balaban J connectivity index is 2.18. The second-order valence-electron chi connectivity index (χ2n) is 14.3. The molecule has 49 heavy (non-hydrogen) atoms. The summed E-state index contributed by atoms with van der Waals surface area (Å²) in [6.07, 6.45) is -6.12. The fourth-order valence-corrected chi connectivity index (χ4v) is 7.83. The first-order chi connectivity index (χ1) is 22.6. The smallest absolute Gasteiger partial charge is 0.341 e. The normalized spacial score (nSPS) is 34.4. The topological polar surface area (TPSA) is 200 Å². The van der Waals surface area contributed by atoms with E-state index in [4.69, 9.17) is 37.6 Å². The van der Waals surface area contributed by atoms with Gasteiger partial charge in [-0.3, -0.25) is 24.0 Å². The van der Waals surface area contributed by atoms with Crippen molar-refractivity contribution in [3.05, 3.63) is 24.2 Å². The van der Waals surface area contributed by atoms with Crippen molar-refractivity contribution in [2.45, 2.75) is 123 Å². The van der Waals surface area contributed by atoms with Crippen molar-refractivity contribution in [3.63, 3.8) is 0 Å². The van der Waals surface area contributed by atoms with E-state index < -0.39 is 119 Å². The summed E-state index contributed by atoms with van der Waals surface area (Å²) in [5.41, 5.74) is -8.21. The number of ether oxygens (including phenoxy) is 7. The standard InChI is InChI=1S/C34H46O15/c1-16(2)28(38)43-15-33-25(45-19(6)36)22(47-29(39)17(3)4)13-32(10,41)34(33)26(46-20(7)37)23(31(8,9)49-34)24(44-18(5)35)27(33)48-30(40)21-11-12-42-14-21/h11-12,14,16-17,22-27,41H,13,15H2,1-10H3/t22-,23+,24+,25-,26+,27-,32-,33-,34-/m0/s1. The van der Waals surface area contributed by atoms with E-state index in [2.05, 4.69) is 0 Å². The Morgan fingerprint density at radius 1 is 0.816 bits per heavy atom. The van der Waals surface area contributed by atoms with Gasteiger partial charge < -0.3 is 42.7 Å². The van der Waals surface area contributed by atoms with Crippen molar-refractivity contribution in [1.29, 1.82) is 0 Å². The summed E-state index contributed by atoms with van der Waals surface area (Å²) in [6, 6.07) is 1.32. The molecule has 2 saturated carbocycles. The summed E-state index contributed by atoms with van der Waals surface area (Å²) < 4.78 is 47.8. The Morgan fingerprint density at radius 3 is 1.90 bits per heavy atom. The highest BCUT2D eigenvalue weighted by Crippen LogP contribution is 2.69. The van der Waals surface area contributed by atoms with Gasteiger partial charge >= 0.3 is 35.8 Å². The predicted molar refractivity (Wildman–Crippen MR) is 164 cm³/mol. The number of hydrogen-bond acceptors (Lipinski definition) is 15. The van der Waals surface area contributed by atoms with Gasteiger partial charge in [0.1, 0.15) is 36.6 Å². The summed E-state index contributed by atoms with van der Waals surface area (Å²) in [4.78, 5) is 79.0. The van der Waals surface area contributed by atoms with Crippen LogP contribution in [0.15, 0.2) is 23.0 Å². The van der Waals surface area contributed by atoms with Crippen LogP contribution in [-0.4, -0.2) is 94.9 Å². The minimum atomic E-state index is -2.29. The molecule has 15 nitrogen and oxygen atoms in total. The Bertz CT molecular complexity index is 1460. The van der Waals surface area contributed by atoms with Crippen molar-refractivity contribution in [3.8, 4) is 0 Å². The molecule has 0 aromatic carbocycles. The van der Waals surface area contributed by atoms with Crippen LogP contribution < -0.4 is 0 Å². The molecule has 4 rings (SSSR count). The van der Waals surface area contributed by atoms with Gasteiger partial charge in [-0.05, 0) is 26.8 Å². The number of esters is 6. The second-order valence-corrected chi connectivity index (χ2v) is 14.3. The number of aliphatic hydroxyl groups is 1. The van der Waals surface area contributed by atoms with Crippen molar-refractivity contribution in [2.24, 2.45) is 23.2 Å². The third-order valence-corrected chi connectivity index (χ3v) is 9.59. The summed E-state index contributed by atoms with van der Waals surface area (Å²) in [6.45, 7) is 13.3. The molecule has 0 unspecified atom stereocenters. The highest BCUT2D eigenvalue weighted by molar-refractivity contribution is 5.89. The molecular weight excluding hydrogens is 648 g/mol. The largest absolute Gasteiger partial charge is 0.472 e. The molecule has 1 spiro atoms. The van der Waals surface area contributed by atoms with E-state index in [9.17, 15) is 33.9 Å². The first kappa shape index (κ1) is 37.8. The SMILES string of the molecule is CC(=O)O[C@@H]1[C@@H]2[C@@H](OC(C)=O)[C@@]3(OC2(C)C)[C@](COC(=O)C(C)C)([C@H]1OC(=O)c1ccoc1)[C@@H](OC(C)=O)[C@@H](OC(=O)C(C)C)C[C@]3(C)O. The number of hydrogen-bond donors (Lipinski definition) is 1. The van der Waals surface area contributed by atoms with Crippen molar-refractivity contribution in [2.75, 3.05) is 6.61 Å². The second kappa shape index (κ2) is 13.4. The lowest BCUT2D eigenvalue weighted by molar-refractivity contribution is -0.363. The Labute approximate surface area is 284 Å². The predicted octanol–water partition coefficient (Wildman–Crippen LogP) is 2.69. The van der Waals surface area contributed by atoms with Gasteiger partial charge in [-0.25, -0.2) is 4.79 Å². The third-order valence-electron chi connectivity index (χ3n) is 9.59. The molecule has 0 amide bonds. The maximum atomic E-state index is 13.8. The number of rotatable bonds is 10. The summed E-state index contributed by atoms with van der Waals surface area (Å²) >= 11 is 0. The Morgan fingerprint density at radius 2 is 1.39 bits per heavy atom. The Hall–Kier alpha value is -3.98. The van der Waals surface area contributed by atoms with Crippen LogP contribution in [0.2, 0.25) is 0 Å². The van der Waals surface area contributed by atoms with Crippen molar-refractivity contribution >= 4 is 35.8 Å². The molecule has 15 heteroatoms.